The summed E-state index contributed by atoms with van der Waals surface area (Å²) in [6, 6.07) is 9.79. The van der Waals surface area contributed by atoms with Crippen LogP contribution in [0, 0.1) is 0 Å². The lowest BCUT2D eigenvalue weighted by atomic mass is 9.94. The Morgan fingerprint density at radius 1 is 1.38 bits per heavy atom. The molecule has 2 aliphatic rings. The van der Waals surface area contributed by atoms with E-state index in [1.165, 1.54) is 16.2 Å². The number of hydrogen-bond donors (Lipinski definition) is 1. The second-order valence-electron chi connectivity index (χ2n) is 7.23. The van der Waals surface area contributed by atoms with E-state index in [9.17, 15) is 4.79 Å². The van der Waals surface area contributed by atoms with Crippen molar-refractivity contribution in [1.82, 2.24) is 9.88 Å². The van der Waals surface area contributed by atoms with Crippen LogP contribution in [0.1, 0.15) is 41.6 Å². The van der Waals surface area contributed by atoms with E-state index in [-0.39, 0.29) is 38.1 Å². The molecule has 2 aliphatic heterocycles. The molecule has 0 spiro atoms. The summed E-state index contributed by atoms with van der Waals surface area (Å²) in [7, 11) is 1.64. The molecule has 1 N–H and O–H groups in total. The summed E-state index contributed by atoms with van der Waals surface area (Å²) in [5, 5.41) is 15.4. The highest BCUT2D eigenvalue weighted by atomic mass is 32.1. The van der Waals surface area contributed by atoms with Crippen LogP contribution >= 0.6 is 11.3 Å². The first-order valence-electron chi connectivity index (χ1n) is 9.44. The average Bonchev–Trinajstić information content (AvgIpc) is 3.40. The van der Waals surface area contributed by atoms with Crippen LogP contribution in [-0.2, 0) is 15.2 Å². The molecule has 1 saturated heterocycles. The maximum atomic E-state index is 15.4. The van der Waals surface area contributed by atoms with E-state index in [2.05, 4.69) is 10.1 Å². The first-order valence-corrected chi connectivity index (χ1v) is 10.3. The number of carbonyl (C=O) groups is 1. The van der Waals surface area contributed by atoms with E-state index in [1.54, 1.807) is 12.5 Å². The van der Waals surface area contributed by atoms with Gasteiger partial charge in [-0.05, 0) is 5.56 Å². The molecule has 1 amide bonds. The number of ether oxygens (including phenoxy) is 1. The highest BCUT2D eigenvalue weighted by molar-refractivity contribution is 7.10. The summed E-state index contributed by atoms with van der Waals surface area (Å²) in [4.78, 5) is 22.4. The van der Waals surface area contributed by atoms with Crippen molar-refractivity contribution in [2.75, 3.05) is 20.2 Å². The van der Waals surface area contributed by atoms with E-state index in [4.69, 9.17) is 14.7 Å². The largest absolute Gasteiger partial charge is 0.465 e. The number of rotatable bonds is 5. The van der Waals surface area contributed by atoms with E-state index in [1.807, 2.05) is 30.3 Å². The lowest BCUT2D eigenvalue weighted by Crippen LogP contribution is -2.42. The summed E-state index contributed by atoms with van der Waals surface area (Å²) >= 11 is 1.24. The molecule has 1 fully saturated rings. The number of amides is 1. The summed E-state index contributed by atoms with van der Waals surface area (Å²) in [6.07, 6.45) is -0.816. The molecule has 0 aliphatic carbocycles. The number of piperidine rings is 1. The molecule has 0 bridgehead atoms. The van der Waals surface area contributed by atoms with Gasteiger partial charge in [0.15, 0.2) is 11.8 Å². The van der Waals surface area contributed by atoms with Crippen LogP contribution in [0.15, 0.2) is 40.9 Å². The van der Waals surface area contributed by atoms with Crippen molar-refractivity contribution in [2.45, 2.75) is 37.1 Å². The van der Waals surface area contributed by atoms with E-state index in [0.717, 1.165) is 5.56 Å². The third-order valence-corrected chi connectivity index (χ3v) is 6.44. The molecule has 4 rings (SSSR count). The minimum atomic E-state index is -1.60. The van der Waals surface area contributed by atoms with Gasteiger partial charge in [0, 0.05) is 44.8 Å². The Hall–Kier alpha value is -2.52. The minimum Gasteiger partial charge on any atom is -0.465 e. The van der Waals surface area contributed by atoms with Gasteiger partial charge in [0.25, 0.3) is 0 Å². The Bertz CT molecular complexity index is 896. The van der Waals surface area contributed by atoms with Crippen molar-refractivity contribution >= 4 is 23.1 Å². The molecule has 0 radical (unpaired) electrons. The molecule has 29 heavy (non-hydrogen) atoms. The topological polar surface area (TPSA) is 84.2 Å². The number of benzene rings is 1. The number of likely N-dealkylation sites (tertiary alicyclic amines) is 1. The summed E-state index contributed by atoms with van der Waals surface area (Å²) in [5.74, 6) is 0. The number of carboxylic acid groups (broad SMARTS) is 1. The van der Waals surface area contributed by atoms with Crippen molar-refractivity contribution in [3.8, 4) is 0 Å². The fourth-order valence-corrected chi connectivity index (χ4v) is 4.71. The van der Waals surface area contributed by atoms with Crippen LogP contribution in [-0.4, -0.2) is 53.1 Å². The van der Waals surface area contributed by atoms with Gasteiger partial charge in [-0.2, -0.15) is 0 Å². The Labute approximate surface area is 171 Å². The van der Waals surface area contributed by atoms with Crippen molar-refractivity contribution < 1.29 is 23.9 Å². The molecular weight excluding hydrogens is 397 g/mol. The van der Waals surface area contributed by atoms with Crippen LogP contribution in [0.4, 0.5) is 9.18 Å². The van der Waals surface area contributed by atoms with Gasteiger partial charge in [0.05, 0.1) is 5.69 Å². The Morgan fingerprint density at radius 3 is 2.76 bits per heavy atom. The Kier molecular flexibility index (Phi) is 5.51. The van der Waals surface area contributed by atoms with Gasteiger partial charge in [-0.15, -0.1) is 11.3 Å². The van der Waals surface area contributed by atoms with Crippen LogP contribution in [0.25, 0.3) is 0 Å². The third-order valence-electron chi connectivity index (χ3n) is 5.42. The van der Waals surface area contributed by atoms with Crippen LogP contribution in [0.3, 0.4) is 0 Å². The first-order chi connectivity index (χ1) is 14.0. The molecule has 154 valence electrons. The molecular formula is C20H22FN3O4S. The number of nitrogens with zero attached hydrogens (tertiary/aromatic N) is 3. The quantitative estimate of drug-likeness (QED) is 0.793. The maximum absolute atomic E-state index is 15.4. The number of aromatic nitrogens is 1. The highest BCUT2D eigenvalue weighted by Gasteiger charge is 2.41. The number of hydrogen-bond acceptors (Lipinski definition) is 6. The van der Waals surface area contributed by atoms with Gasteiger partial charge in [-0.1, -0.05) is 35.5 Å². The Morgan fingerprint density at radius 2 is 2.10 bits per heavy atom. The second-order valence-corrected chi connectivity index (χ2v) is 8.08. The van der Waals surface area contributed by atoms with Crippen molar-refractivity contribution in [1.29, 1.82) is 0 Å². The predicted molar refractivity (Wildman–Crippen MR) is 106 cm³/mol. The van der Waals surface area contributed by atoms with Crippen LogP contribution in [0.2, 0.25) is 0 Å². The van der Waals surface area contributed by atoms with Crippen LogP contribution in [0.5, 0.6) is 0 Å². The zero-order valence-corrected chi connectivity index (χ0v) is 16.8. The zero-order valence-electron chi connectivity index (χ0n) is 16.0. The van der Waals surface area contributed by atoms with E-state index >= 15 is 4.39 Å². The summed E-state index contributed by atoms with van der Waals surface area (Å²) in [6.45, 7) is 0.332. The van der Waals surface area contributed by atoms with Gasteiger partial charge < -0.3 is 19.6 Å². The van der Waals surface area contributed by atoms with E-state index < -0.39 is 11.8 Å². The molecule has 2 unspecified atom stereocenters. The second kappa shape index (κ2) is 8.08. The SMILES string of the molecule is COC(c1ccccc1)C1CC(c2csc(C3(F)CCN(C(=O)O)CC3)n2)=NO1. The summed E-state index contributed by atoms with van der Waals surface area (Å²) < 4.78 is 21.0. The summed E-state index contributed by atoms with van der Waals surface area (Å²) in [5.41, 5.74) is 0.673. The number of alkyl halides is 1. The van der Waals surface area contributed by atoms with Gasteiger partial charge in [-0.25, -0.2) is 14.2 Å². The fourth-order valence-electron chi connectivity index (χ4n) is 3.73. The number of oxime groups is 1. The monoisotopic (exact) mass is 419 g/mol. The number of halogens is 1. The van der Waals surface area contributed by atoms with Gasteiger partial charge in [-0.3, -0.25) is 0 Å². The lowest BCUT2D eigenvalue weighted by Gasteiger charge is -2.33. The van der Waals surface area contributed by atoms with Gasteiger partial charge >= 0.3 is 6.09 Å². The van der Waals surface area contributed by atoms with Gasteiger partial charge in [0.1, 0.15) is 16.8 Å². The van der Waals surface area contributed by atoms with Crippen molar-refractivity contribution in [3.05, 3.63) is 52.0 Å². The molecule has 2 aromatic rings. The third kappa shape index (κ3) is 3.97. The molecule has 0 saturated carbocycles. The molecule has 3 heterocycles. The molecule has 1 aromatic heterocycles. The molecule has 2 atom stereocenters. The standard InChI is InChI=1S/C20H22FN3O4S/c1-27-17(13-5-3-2-4-6-13)16-11-14(23-28-16)15-12-29-18(22-15)20(21)7-9-24(10-8-20)19(25)26/h2-6,12,16-17H,7-11H2,1H3,(H,25,26). The Balaban J connectivity index is 1.43. The normalized spacial score (nSPS) is 22.1. The molecule has 1 aromatic carbocycles. The number of thiazole rings is 1. The fraction of sp³-hybridized carbons (Fsp3) is 0.450. The van der Waals surface area contributed by atoms with Crippen molar-refractivity contribution in [2.24, 2.45) is 5.16 Å². The number of methoxy groups -OCH3 is 1. The van der Waals surface area contributed by atoms with E-state index in [0.29, 0.717) is 22.8 Å². The molecule has 9 heteroatoms. The van der Waals surface area contributed by atoms with Crippen molar-refractivity contribution in [3.63, 3.8) is 0 Å². The molecule has 7 nitrogen and oxygen atoms in total. The first kappa shape index (κ1) is 19.8. The zero-order chi connectivity index (χ0) is 20.4. The highest BCUT2D eigenvalue weighted by Crippen LogP contribution is 2.39. The predicted octanol–water partition coefficient (Wildman–Crippen LogP) is 3.96. The average molecular weight is 419 g/mol. The minimum absolute atomic E-state index is 0.109. The maximum Gasteiger partial charge on any atom is 0.407 e. The van der Waals surface area contributed by atoms with Gasteiger partial charge in [0.2, 0.25) is 0 Å². The smallest absolute Gasteiger partial charge is 0.407 e. The lowest BCUT2D eigenvalue weighted by molar-refractivity contribution is -0.0412. The van der Waals surface area contributed by atoms with Crippen LogP contribution < -0.4 is 0 Å².